The van der Waals surface area contributed by atoms with Crippen molar-refractivity contribution in [2.45, 2.75) is 82.3 Å². The van der Waals surface area contributed by atoms with Crippen molar-refractivity contribution in [1.29, 1.82) is 0 Å². The fourth-order valence-corrected chi connectivity index (χ4v) is 8.86. The first kappa shape index (κ1) is 21.7. The highest BCUT2D eigenvalue weighted by Crippen LogP contribution is 2.44. The molecule has 1 saturated carbocycles. The maximum atomic E-state index is 14.2. The molecule has 6 heteroatoms. The standard InChI is InChI=1S/C22H32F4OSi/c1-2-9-28-10-7-17(8-11-28)15-3-5-16(6-4-15)18-12-19(23)22(20(24)13-18)27-14-21(25)26/h12-13,15-17,21,28H,2-11,14H2,1H3. The number of halogens is 4. The van der Waals surface area contributed by atoms with Crippen molar-refractivity contribution >= 4 is 8.80 Å². The van der Waals surface area contributed by atoms with E-state index in [4.69, 9.17) is 0 Å². The Balaban J connectivity index is 1.53. The van der Waals surface area contributed by atoms with E-state index in [1.165, 1.54) is 49.5 Å². The van der Waals surface area contributed by atoms with E-state index in [2.05, 4.69) is 11.7 Å². The van der Waals surface area contributed by atoms with Gasteiger partial charge >= 0.3 is 0 Å². The lowest BCUT2D eigenvalue weighted by atomic mass is 9.72. The summed E-state index contributed by atoms with van der Waals surface area (Å²) in [5.74, 6) is -0.689. The number of hydrogen-bond donors (Lipinski definition) is 0. The molecule has 1 saturated heterocycles. The quantitative estimate of drug-likeness (QED) is 0.346. The fraction of sp³-hybridized carbons (Fsp3) is 0.727. The van der Waals surface area contributed by atoms with Gasteiger partial charge in [0, 0.05) is 8.80 Å². The topological polar surface area (TPSA) is 9.23 Å². The van der Waals surface area contributed by atoms with Crippen molar-refractivity contribution in [3.8, 4) is 5.75 Å². The van der Waals surface area contributed by atoms with Crippen LogP contribution in [0.5, 0.6) is 5.75 Å². The smallest absolute Gasteiger partial charge is 0.272 e. The van der Waals surface area contributed by atoms with Gasteiger partial charge in [-0.2, -0.15) is 0 Å². The first-order valence-corrected chi connectivity index (χ1v) is 13.3. The van der Waals surface area contributed by atoms with Gasteiger partial charge < -0.3 is 4.74 Å². The van der Waals surface area contributed by atoms with E-state index in [1.807, 2.05) is 0 Å². The molecule has 1 aromatic rings. The minimum absolute atomic E-state index is 0.148. The molecule has 0 unspecified atom stereocenters. The number of rotatable bonds is 7. The average molecular weight is 417 g/mol. The first-order chi connectivity index (χ1) is 13.5. The zero-order valence-electron chi connectivity index (χ0n) is 16.7. The van der Waals surface area contributed by atoms with Crippen molar-refractivity contribution < 1.29 is 22.3 Å². The van der Waals surface area contributed by atoms with Gasteiger partial charge in [-0.3, -0.25) is 0 Å². The van der Waals surface area contributed by atoms with E-state index >= 15 is 0 Å². The van der Waals surface area contributed by atoms with Crippen LogP contribution >= 0.6 is 0 Å². The molecule has 0 atom stereocenters. The molecular weight excluding hydrogens is 384 g/mol. The molecular formula is C22H32F4OSi. The van der Waals surface area contributed by atoms with E-state index in [9.17, 15) is 17.6 Å². The van der Waals surface area contributed by atoms with E-state index in [0.29, 0.717) is 5.56 Å². The summed E-state index contributed by atoms with van der Waals surface area (Å²) in [7, 11) is -0.452. The highest BCUT2D eigenvalue weighted by Gasteiger charge is 2.32. The van der Waals surface area contributed by atoms with Crippen LogP contribution in [0.25, 0.3) is 0 Å². The normalized spacial score (nSPS) is 28.5. The molecule has 28 heavy (non-hydrogen) atoms. The predicted molar refractivity (Wildman–Crippen MR) is 107 cm³/mol. The number of hydrogen-bond acceptors (Lipinski definition) is 1. The molecule has 1 aromatic carbocycles. The fourth-order valence-electron chi connectivity index (χ4n) is 5.38. The van der Waals surface area contributed by atoms with Crippen LogP contribution < -0.4 is 4.74 Å². The molecule has 0 radical (unpaired) electrons. The van der Waals surface area contributed by atoms with Gasteiger partial charge in [0.2, 0.25) is 0 Å². The van der Waals surface area contributed by atoms with Gasteiger partial charge in [0.05, 0.1) is 0 Å². The number of ether oxygens (including phenoxy) is 1. The summed E-state index contributed by atoms with van der Waals surface area (Å²) < 4.78 is 57.4. The van der Waals surface area contributed by atoms with Gasteiger partial charge in [0.1, 0.15) is 6.61 Å². The highest BCUT2D eigenvalue weighted by atomic mass is 28.3. The summed E-state index contributed by atoms with van der Waals surface area (Å²) in [5, 5.41) is 0. The Hall–Kier alpha value is -1.04. The van der Waals surface area contributed by atoms with E-state index in [-0.39, 0.29) is 5.92 Å². The Bertz CT molecular complexity index is 600. The van der Waals surface area contributed by atoms with Gasteiger partial charge in [-0.25, -0.2) is 17.6 Å². The van der Waals surface area contributed by atoms with E-state index in [0.717, 1.165) is 37.5 Å². The van der Waals surface area contributed by atoms with Crippen LogP contribution in [0.3, 0.4) is 0 Å². The van der Waals surface area contributed by atoms with Crippen molar-refractivity contribution in [3.63, 3.8) is 0 Å². The lowest BCUT2D eigenvalue weighted by molar-refractivity contribution is 0.0777. The summed E-state index contributed by atoms with van der Waals surface area (Å²) in [5.41, 5.74) is 0.636. The van der Waals surface area contributed by atoms with Crippen LogP contribution in [-0.2, 0) is 0 Å². The minimum atomic E-state index is -2.76. The van der Waals surface area contributed by atoms with Gasteiger partial charge in [-0.15, -0.1) is 0 Å². The molecule has 0 aromatic heterocycles. The molecule has 0 amide bonds. The summed E-state index contributed by atoms with van der Waals surface area (Å²) in [6.07, 6.45) is 5.53. The molecule has 0 N–H and O–H groups in total. The SMILES string of the molecule is CCC[SiH]1CCC(C2CCC(c3cc(F)c(OCC(F)F)c(F)c3)CC2)CC1. The van der Waals surface area contributed by atoms with Crippen LogP contribution in [0.1, 0.15) is 63.4 Å². The van der Waals surface area contributed by atoms with Crippen molar-refractivity contribution in [3.05, 3.63) is 29.3 Å². The van der Waals surface area contributed by atoms with Crippen LogP contribution in [0.15, 0.2) is 12.1 Å². The van der Waals surface area contributed by atoms with Crippen LogP contribution in [0.4, 0.5) is 17.6 Å². The number of alkyl halides is 2. The first-order valence-electron chi connectivity index (χ1n) is 10.9. The van der Waals surface area contributed by atoms with Gasteiger partial charge in [0.25, 0.3) is 6.43 Å². The number of benzene rings is 1. The third-order valence-electron chi connectivity index (χ3n) is 6.87. The largest absolute Gasteiger partial charge is 0.482 e. The molecule has 3 rings (SSSR count). The van der Waals surface area contributed by atoms with Crippen molar-refractivity contribution in [2.24, 2.45) is 11.8 Å². The molecule has 1 aliphatic carbocycles. The second kappa shape index (κ2) is 10.1. The van der Waals surface area contributed by atoms with Crippen molar-refractivity contribution in [1.82, 2.24) is 0 Å². The molecule has 1 nitrogen and oxygen atoms in total. The molecule has 2 fully saturated rings. The average Bonchev–Trinajstić information content (AvgIpc) is 2.68. The predicted octanol–water partition coefficient (Wildman–Crippen LogP) is 6.93. The highest BCUT2D eigenvalue weighted by molar-refractivity contribution is 6.58. The minimum Gasteiger partial charge on any atom is -0.482 e. The van der Waals surface area contributed by atoms with Crippen LogP contribution in [0.2, 0.25) is 18.1 Å². The van der Waals surface area contributed by atoms with Gasteiger partial charge in [0.15, 0.2) is 17.4 Å². The molecule has 2 aliphatic rings. The van der Waals surface area contributed by atoms with Crippen LogP contribution in [-0.4, -0.2) is 21.8 Å². The summed E-state index contributed by atoms with van der Waals surface area (Å²) in [6.45, 7) is 1.30. The van der Waals surface area contributed by atoms with E-state index < -0.39 is 39.2 Å². The lowest BCUT2D eigenvalue weighted by Gasteiger charge is -2.37. The zero-order valence-corrected chi connectivity index (χ0v) is 17.9. The second-order valence-corrected chi connectivity index (χ2v) is 12.2. The molecule has 1 aliphatic heterocycles. The van der Waals surface area contributed by atoms with Crippen LogP contribution in [0, 0.1) is 23.5 Å². The van der Waals surface area contributed by atoms with E-state index in [1.54, 1.807) is 0 Å². The molecule has 0 spiro atoms. The third-order valence-corrected chi connectivity index (χ3v) is 10.6. The van der Waals surface area contributed by atoms with Gasteiger partial charge in [-0.1, -0.05) is 44.3 Å². The monoisotopic (exact) mass is 416 g/mol. The zero-order chi connectivity index (χ0) is 20.1. The Kier molecular flexibility index (Phi) is 7.83. The Morgan fingerprint density at radius 1 is 0.964 bits per heavy atom. The van der Waals surface area contributed by atoms with Crippen molar-refractivity contribution in [2.75, 3.05) is 6.61 Å². The summed E-state index contributed by atoms with van der Waals surface area (Å²) in [4.78, 5) is 0. The molecule has 0 bridgehead atoms. The Labute approximate surface area is 167 Å². The lowest BCUT2D eigenvalue weighted by Crippen LogP contribution is -2.28. The Morgan fingerprint density at radius 3 is 2.07 bits per heavy atom. The van der Waals surface area contributed by atoms with Gasteiger partial charge in [-0.05, 0) is 61.1 Å². The Morgan fingerprint density at radius 2 is 1.54 bits per heavy atom. The maximum Gasteiger partial charge on any atom is 0.272 e. The third kappa shape index (κ3) is 5.52. The molecule has 158 valence electrons. The summed E-state index contributed by atoms with van der Waals surface area (Å²) >= 11 is 0. The molecule has 1 heterocycles. The maximum absolute atomic E-state index is 14.2. The summed E-state index contributed by atoms with van der Waals surface area (Å²) in [6, 6.07) is 7.03. The second-order valence-electron chi connectivity index (χ2n) is 8.70.